The molecule has 112 valence electrons. The molecular formula is C16H16N4O2. The molecule has 0 atom stereocenters. The summed E-state index contributed by atoms with van der Waals surface area (Å²) in [5.74, 6) is -0.279. The highest BCUT2D eigenvalue weighted by atomic mass is 16.2. The molecule has 0 saturated heterocycles. The van der Waals surface area contributed by atoms with E-state index in [1.165, 1.54) is 6.33 Å². The Labute approximate surface area is 127 Å². The lowest BCUT2D eigenvalue weighted by atomic mass is 10.1. The van der Waals surface area contributed by atoms with Gasteiger partial charge in [0.25, 0.3) is 5.56 Å². The monoisotopic (exact) mass is 296 g/mol. The van der Waals surface area contributed by atoms with Gasteiger partial charge >= 0.3 is 0 Å². The predicted octanol–water partition coefficient (Wildman–Crippen LogP) is 1.70. The van der Waals surface area contributed by atoms with Crippen LogP contribution in [0.3, 0.4) is 0 Å². The molecule has 3 aromatic rings. The molecule has 2 heterocycles. The van der Waals surface area contributed by atoms with E-state index in [2.05, 4.69) is 17.3 Å². The molecule has 6 nitrogen and oxygen atoms in total. The third-order valence-corrected chi connectivity index (χ3v) is 3.46. The highest BCUT2D eigenvalue weighted by molar-refractivity contribution is 5.90. The number of aromatic nitrogens is 3. The molecule has 0 unspecified atom stereocenters. The second kappa shape index (κ2) is 5.85. The van der Waals surface area contributed by atoms with Crippen molar-refractivity contribution in [2.45, 2.75) is 19.9 Å². The number of carbonyl (C=O) groups is 1. The SMILES string of the molecule is CCc1cccc(NC(=O)Cn2ncn3cccc3c2=O)c1. The van der Waals surface area contributed by atoms with Gasteiger partial charge in [-0.2, -0.15) is 5.10 Å². The minimum atomic E-state index is -0.287. The quantitative estimate of drug-likeness (QED) is 0.796. The molecule has 22 heavy (non-hydrogen) atoms. The summed E-state index contributed by atoms with van der Waals surface area (Å²) in [6, 6.07) is 11.1. The summed E-state index contributed by atoms with van der Waals surface area (Å²) >= 11 is 0. The van der Waals surface area contributed by atoms with Gasteiger partial charge in [0.15, 0.2) is 0 Å². The number of aryl methyl sites for hydroxylation is 1. The van der Waals surface area contributed by atoms with Crippen LogP contribution in [0.25, 0.3) is 5.52 Å². The Kier molecular flexibility index (Phi) is 3.74. The third kappa shape index (κ3) is 2.76. The van der Waals surface area contributed by atoms with Crippen LogP contribution in [0.15, 0.2) is 53.7 Å². The third-order valence-electron chi connectivity index (χ3n) is 3.46. The number of rotatable bonds is 4. The summed E-state index contributed by atoms with van der Waals surface area (Å²) in [4.78, 5) is 24.3. The number of benzene rings is 1. The van der Waals surface area contributed by atoms with Gasteiger partial charge < -0.3 is 9.72 Å². The normalized spacial score (nSPS) is 10.8. The van der Waals surface area contributed by atoms with Crippen LogP contribution in [-0.4, -0.2) is 20.1 Å². The first-order valence-corrected chi connectivity index (χ1v) is 7.09. The zero-order valence-corrected chi connectivity index (χ0v) is 12.2. The molecule has 1 N–H and O–H groups in total. The van der Waals surface area contributed by atoms with Crippen LogP contribution in [0.2, 0.25) is 0 Å². The van der Waals surface area contributed by atoms with E-state index < -0.39 is 0 Å². The average Bonchev–Trinajstić information content (AvgIpc) is 2.99. The van der Waals surface area contributed by atoms with E-state index in [1.54, 1.807) is 22.7 Å². The first-order chi connectivity index (χ1) is 10.7. The van der Waals surface area contributed by atoms with Gasteiger partial charge in [-0.1, -0.05) is 19.1 Å². The van der Waals surface area contributed by atoms with Gasteiger partial charge in [0.2, 0.25) is 5.91 Å². The Balaban J connectivity index is 1.78. The van der Waals surface area contributed by atoms with Gasteiger partial charge in [-0.25, -0.2) is 4.68 Å². The Morgan fingerprint density at radius 1 is 1.27 bits per heavy atom. The van der Waals surface area contributed by atoms with E-state index in [4.69, 9.17) is 0 Å². The zero-order chi connectivity index (χ0) is 15.5. The van der Waals surface area contributed by atoms with Crippen LogP contribution in [0, 0.1) is 0 Å². The van der Waals surface area contributed by atoms with Gasteiger partial charge in [-0.3, -0.25) is 9.59 Å². The van der Waals surface area contributed by atoms with Gasteiger partial charge in [-0.15, -0.1) is 0 Å². The Morgan fingerprint density at radius 3 is 2.95 bits per heavy atom. The van der Waals surface area contributed by atoms with Gasteiger partial charge in [0.05, 0.1) is 0 Å². The highest BCUT2D eigenvalue weighted by Gasteiger charge is 2.09. The standard InChI is InChI=1S/C16H16N4O2/c1-2-12-5-3-6-13(9-12)18-15(21)10-20-16(22)14-7-4-8-19(14)11-17-20/h3-9,11H,2,10H2,1H3,(H,18,21). The molecule has 6 heteroatoms. The number of anilines is 1. The maximum absolute atomic E-state index is 12.2. The number of nitrogens with one attached hydrogen (secondary N) is 1. The fraction of sp³-hybridized carbons (Fsp3) is 0.188. The molecule has 1 aromatic carbocycles. The molecule has 0 aliphatic rings. The summed E-state index contributed by atoms with van der Waals surface area (Å²) in [5.41, 5.74) is 2.07. The maximum atomic E-state index is 12.2. The molecule has 0 radical (unpaired) electrons. The van der Waals surface area contributed by atoms with E-state index >= 15 is 0 Å². The average molecular weight is 296 g/mol. The number of nitrogens with zero attached hydrogens (tertiary/aromatic N) is 3. The Bertz CT molecular complexity index is 879. The summed E-state index contributed by atoms with van der Waals surface area (Å²) in [5, 5.41) is 6.79. The molecular weight excluding hydrogens is 280 g/mol. The Hall–Kier alpha value is -2.89. The molecule has 0 aliphatic heterocycles. The molecule has 2 aromatic heterocycles. The lowest BCUT2D eigenvalue weighted by Crippen LogP contribution is -2.30. The summed E-state index contributed by atoms with van der Waals surface area (Å²) in [7, 11) is 0. The van der Waals surface area contributed by atoms with E-state index in [0.717, 1.165) is 22.4 Å². The fourth-order valence-electron chi connectivity index (χ4n) is 2.30. The lowest BCUT2D eigenvalue weighted by molar-refractivity contribution is -0.117. The first-order valence-electron chi connectivity index (χ1n) is 7.09. The summed E-state index contributed by atoms with van der Waals surface area (Å²) in [6.45, 7) is 1.94. The van der Waals surface area contributed by atoms with E-state index in [0.29, 0.717) is 5.52 Å². The molecule has 0 fully saturated rings. The van der Waals surface area contributed by atoms with Crippen molar-refractivity contribution in [2.24, 2.45) is 0 Å². The van der Waals surface area contributed by atoms with Crippen LogP contribution in [-0.2, 0) is 17.8 Å². The van der Waals surface area contributed by atoms with Crippen LogP contribution in [0.5, 0.6) is 0 Å². The van der Waals surface area contributed by atoms with Gasteiger partial charge in [-0.05, 0) is 36.2 Å². The topological polar surface area (TPSA) is 68.4 Å². The zero-order valence-electron chi connectivity index (χ0n) is 12.2. The van der Waals surface area contributed by atoms with Crippen LogP contribution in [0.4, 0.5) is 5.69 Å². The smallest absolute Gasteiger partial charge is 0.291 e. The molecule has 0 aliphatic carbocycles. The fourth-order valence-corrected chi connectivity index (χ4v) is 2.30. The molecule has 0 saturated carbocycles. The second-order valence-corrected chi connectivity index (χ2v) is 5.00. The number of hydrogen-bond donors (Lipinski definition) is 1. The second-order valence-electron chi connectivity index (χ2n) is 5.00. The highest BCUT2D eigenvalue weighted by Crippen LogP contribution is 2.11. The van der Waals surface area contributed by atoms with E-state index in [9.17, 15) is 9.59 Å². The minimum absolute atomic E-state index is 0.114. The number of carbonyl (C=O) groups excluding carboxylic acids is 1. The predicted molar refractivity (Wildman–Crippen MR) is 83.9 cm³/mol. The van der Waals surface area contributed by atoms with Crippen LogP contribution in [0.1, 0.15) is 12.5 Å². The molecule has 1 amide bonds. The number of fused-ring (bicyclic) bond motifs is 1. The van der Waals surface area contributed by atoms with Crippen molar-refractivity contribution in [3.63, 3.8) is 0 Å². The van der Waals surface area contributed by atoms with Crippen molar-refractivity contribution >= 4 is 17.1 Å². The van der Waals surface area contributed by atoms with Crippen molar-refractivity contribution < 1.29 is 4.79 Å². The van der Waals surface area contributed by atoms with Crippen molar-refractivity contribution in [1.82, 2.24) is 14.2 Å². The van der Waals surface area contributed by atoms with Crippen molar-refractivity contribution in [3.05, 3.63) is 64.8 Å². The van der Waals surface area contributed by atoms with Crippen molar-refractivity contribution in [3.8, 4) is 0 Å². The van der Waals surface area contributed by atoms with E-state index in [-0.39, 0.29) is 18.0 Å². The van der Waals surface area contributed by atoms with E-state index in [1.807, 2.05) is 24.3 Å². The maximum Gasteiger partial charge on any atom is 0.291 e. The minimum Gasteiger partial charge on any atom is -0.324 e. The van der Waals surface area contributed by atoms with Gasteiger partial charge in [0.1, 0.15) is 18.4 Å². The lowest BCUT2D eigenvalue weighted by Gasteiger charge is -2.08. The van der Waals surface area contributed by atoms with Crippen LogP contribution < -0.4 is 10.9 Å². The van der Waals surface area contributed by atoms with Crippen molar-refractivity contribution in [2.75, 3.05) is 5.32 Å². The molecule has 0 bridgehead atoms. The summed E-state index contributed by atoms with van der Waals surface area (Å²) in [6.07, 6.45) is 4.15. The Morgan fingerprint density at radius 2 is 2.14 bits per heavy atom. The summed E-state index contributed by atoms with van der Waals surface area (Å²) < 4.78 is 2.79. The van der Waals surface area contributed by atoms with Gasteiger partial charge in [0, 0.05) is 11.9 Å². The van der Waals surface area contributed by atoms with Crippen LogP contribution >= 0.6 is 0 Å². The first kappa shape index (κ1) is 14.1. The molecule has 3 rings (SSSR count). The number of hydrogen-bond acceptors (Lipinski definition) is 3. The van der Waals surface area contributed by atoms with Crippen molar-refractivity contribution in [1.29, 1.82) is 0 Å². The largest absolute Gasteiger partial charge is 0.324 e. The number of amides is 1. The molecule has 0 spiro atoms.